The van der Waals surface area contributed by atoms with Gasteiger partial charge in [0.05, 0.1) is 4.90 Å². The van der Waals surface area contributed by atoms with Crippen molar-refractivity contribution in [3.05, 3.63) is 71.3 Å². The largest absolute Gasteiger partial charge is 0.268 e. The SMILES string of the molecule is C/C=C(\C)c1ccccc1C(=O)NS(=O)(=O)c1ccc(C)cc1. The molecule has 120 valence electrons. The lowest BCUT2D eigenvalue weighted by molar-refractivity contribution is 0.0981. The van der Waals surface area contributed by atoms with Gasteiger partial charge in [0.2, 0.25) is 0 Å². The Morgan fingerprint density at radius 1 is 1.00 bits per heavy atom. The molecule has 0 aromatic heterocycles. The van der Waals surface area contributed by atoms with Crippen molar-refractivity contribution >= 4 is 21.5 Å². The Hall–Kier alpha value is -2.40. The molecule has 0 spiro atoms. The molecule has 5 heteroatoms. The van der Waals surface area contributed by atoms with Gasteiger partial charge in [-0.3, -0.25) is 4.79 Å². The van der Waals surface area contributed by atoms with Gasteiger partial charge in [-0.25, -0.2) is 13.1 Å². The fourth-order valence-corrected chi connectivity index (χ4v) is 3.10. The van der Waals surface area contributed by atoms with Crippen LogP contribution in [0.15, 0.2) is 59.5 Å². The van der Waals surface area contributed by atoms with Gasteiger partial charge in [0.1, 0.15) is 0 Å². The summed E-state index contributed by atoms with van der Waals surface area (Å²) in [5.41, 5.74) is 2.90. The fraction of sp³-hybridized carbons (Fsp3) is 0.167. The van der Waals surface area contributed by atoms with Gasteiger partial charge >= 0.3 is 0 Å². The lowest BCUT2D eigenvalue weighted by Crippen LogP contribution is -2.31. The number of aryl methyl sites for hydroxylation is 1. The van der Waals surface area contributed by atoms with Gasteiger partial charge in [0, 0.05) is 5.56 Å². The van der Waals surface area contributed by atoms with E-state index in [1.165, 1.54) is 12.1 Å². The van der Waals surface area contributed by atoms with Crippen molar-refractivity contribution < 1.29 is 13.2 Å². The molecule has 2 rings (SSSR count). The van der Waals surface area contributed by atoms with Crippen LogP contribution in [0.25, 0.3) is 5.57 Å². The molecular formula is C18H19NO3S. The maximum absolute atomic E-state index is 12.4. The highest BCUT2D eigenvalue weighted by Crippen LogP contribution is 2.19. The maximum Gasteiger partial charge on any atom is 0.265 e. The Morgan fingerprint density at radius 3 is 2.13 bits per heavy atom. The smallest absolute Gasteiger partial charge is 0.265 e. The Balaban J connectivity index is 2.34. The molecule has 0 fully saturated rings. The normalized spacial score (nSPS) is 12.0. The number of allylic oxidation sites excluding steroid dienone is 2. The number of hydrogen-bond donors (Lipinski definition) is 1. The van der Waals surface area contributed by atoms with E-state index >= 15 is 0 Å². The summed E-state index contributed by atoms with van der Waals surface area (Å²) < 4.78 is 26.8. The lowest BCUT2D eigenvalue weighted by Gasteiger charge is -2.11. The first kappa shape index (κ1) is 17.0. The minimum Gasteiger partial charge on any atom is -0.268 e. The van der Waals surface area contributed by atoms with Crippen LogP contribution in [0.3, 0.4) is 0 Å². The highest BCUT2D eigenvalue weighted by Gasteiger charge is 2.20. The summed E-state index contributed by atoms with van der Waals surface area (Å²) in [6, 6.07) is 13.3. The average molecular weight is 329 g/mol. The van der Waals surface area contributed by atoms with E-state index in [0.29, 0.717) is 11.1 Å². The zero-order valence-electron chi connectivity index (χ0n) is 13.3. The molecule has 1 N–H and O–H groups in total. The topological polar surface area (TPSA) is 63.2 Å². The Kier molecular flexibility index (Phi) is 5.01. The fourth-order valence-electron chi connectivity index (χ4n) is 2.13. The number of nitrogens with one attached hydrogen (secondary N) is 1. The molecule has 2 aromatic carbocycles. The Bertz CT molecular complexity index is 850. The van der Waals surface area contributed by atoms with Crippen molar-refractivity contribution in [2.75, 3.05) is 0 Å². The molecule has 0 unspecified atom stereocenters. The van der Waals surface area contributed by atoms with Gasteiger partial charge in [-0.2, -0.15) is 0 Å². The summed E-state index contributed by atoms with van der Waals surface area (Å²) in [7, 11) is -3.89. The highest BCUT2D eigenvalue weighted by atomic mass is 32.2. The van der Waals surface area contributed by atoms with E-state index in [-0.39, 0.29) is 4.90 Å². The molecular weight excluding hydrogens is 310 g/mol. The number of hydrogen-bond acceptors (Lipinski definition) is 3. The number of rotatable bonds is 4. The van der Waals surface area contributed by atoms with Gasteiger partial charge in [0.25, 0.3) is 15.9 Å². The van der Waals surface area contributed by atoms with Crippen molar-refractivity contribution in [1.82, 2.24) is 4.72 Å². The molecule has 0 saturated heterocycles. The minimum absolute atomic E-state index is 0.0664. The quantitative estimate of drug-likeness (QED) is 0.933. The number of sulfonamides is 1. The van der Waals surface area contributed by atoms with E-state index in [9.17, 15) is 13.2 Å². The van der Waals surface area contributed by atoms with E-state index in [1.807, 2.05) is 32.9 Å². The molecule has 4 nitrogen and oxygen atoms in total. The molecule has 0 heterocycles. The molecule has 0 aliphatic carbocycles. The first-order valence-electron chi connectivity index (χ1n) is 7.21. The summed E-state index contributed by atoms with van der Waals surface area (Å²) >= 11 is 0. The minimum atomic E-state index is -3.89. The summed E-state index contributed by atoms with van der Waals surface area (Å²) in [5, 5.41) is 0. The zero-order valence-corrected chi connectivity index (χ0v) is 14.1. The van der Waals surface area contributed by atoms with Gasteiger partial charge in [-0.1, -0.05) is 42.0 Å². The molecule has 0 bridgehead atoms. The molecule has 1 amide bonds. The van der Waals surface area contributed by atoms with Crippen LogP contribution in [0.2, 0.25) is 0 Å². The van der Waals surface area contributed by atoms with Crippen molar-refractivity contribution in [1.29, 1.82) is 0 Å². The second-order valence-corrected chi connectivity index (χ2v) is 6.95. The average Bonchev–Trinajstić information content (AvgIpc) is 2.54. The summed E-state index contributed by atoms with van der Waals surface area (Å²) in [4.78, 5) is 12.5. The Morgan fingerprint density at radius 2 is 1.57 bits per heavy atom. The molecule has 0 aliphatic rings. The summed E-state index contributed by atoms with van der Waals surface area (Å²) in [6.07, 6.45) is 1.88. The van der Waals surface area contributed by atoms with Gasteiger partial charge in [-0.05, 0) is 50.1 Å². The van der Waals surface area contributed by atoms with Crippen LogP contribution < -0.4 is 4.72 Å². The number of carbonyl (C=O) groups excluding carboxylic acids is 1. The van der Waals surface area contributed by atoms with Crippen LogP contribution >= 0.6 is 0 Å². The van der Waals surface area contributed by atoms with Crippen LogP contribution in [0.4, 0.5) is 0 Å². The van der Waals surface area contributed by atoms with Gasteiger partial charge in [0.15, 0.2) is 0 Å². The lowest BCUT2D eigenvalue weighted by atomic mass is 10.0. The van der Waals surface area contributed by atoms with E-state index in [0.717, 1.165) is 11.1 Å². The van der Waals surface area contributed by atoms with Crippen molar-refractivity contribution in [2.45, 2.75) is 25.7 Å². The molecule has 0 radical (unpaired) electrons. The maximum atomic E-state index is 12.4. The molecule has 2 aromatic rings. The van der Waals surface area contributed by atoms with Crippen LogP contribution in [0.5, 0.6) is 0 Å². The molecule has 0 atom stereocenters. The predicted octanol–water partition coefficient (Wildman–Crippen LogP) is 3.54. The zero-order chi connectivity index (χ0) is 17.0. The van der Waals surface area contributed by atoms with Crippen molar-refractivity contribution in [3.8, 4) is 0 Å². The summed E-state index contributed by atoms with van der Waals surface area (Å²) in [5.74, 6) is -0.637. The Labute approximate surface area is 136 Å². The van der Waals surface area contributed by atoms with Crippen LogP contribution in [0, 0.1) is 6.92 Å². The van der Waals surface area contributed by atoms with Gasteiger partial charge in [-0.15, -0.1) is 0 Å². The third-order valence-electron chi connectivity index (χ3n) is 3.59. The highest BCUT2D eigenvalue weighted by molar-refractivity contribution is 7.90. The van der Waals surface area contributed by atoms with Crippen LogP contribution in [-0.4, -0.2) is 14.3 Å². The number of carbonyl (C=O) groups is 1. The molecule has 0 saturated carbocycles. The van der Waals surface area contributed by atoms with Crippen molar-refractivity contribution in [2.24, 2.45) is 0 Å². The van der Waals surface area contributed by atoms with E-state index in [1.54, 1.807) is 30.3 Å². The monoisotopic (exact) mass is 329 g/mol. The standard InChI is InChI=1S/C18H19NO3S/c1-4-14(3)16-7-5-6-8-17(16)18(20)19-23(21,22)15-11-9-13(2)10-12-15/h4-12H,1-3H3,(H,19,20)/b14-4+. The third-order valence-corrected chi connectivity index (χ3v) is 4.93. The molecule has 0 aliphatic heterocycles. The first-order chi connectivity index (χ1) is 10.8. The van der Waals surface area contributed by atoms with Crippen LogP contribution in [-0.2, 0) is 10.0 Å². The van der Waals surface area contributed by atoms with Crippen LogP contribution in [0.1, 0.15) is 35.3 Å². The number of amides is 1. The van der Waals surface area contributed by atoms with Gasteiger partial charge < -0.3 is 0 Å². The van der Waals surface area contributed by atoms with E-state index in [2.05, 4.69) is 4.72 Å². The van der Waals surface area contributed by atoms with Crippen molar-refractivity contribution in [3.63, 3.8) is 0 Å². The third kappa shape index (κ3) is 3.87. The predicted molar refractivity (Wildman–Crippen MR) is 91.6 cm³/mol. The second-order valence-electron chi connectivity index (χ2n) is 5.26. The molecule has 23 heavy (non-hydrogen) atoms. The van der Waals surface area contributed by atoms with E-state index in [4.69, 9.17) is 0 Å². The first-order valence-corrected chi connectivity index (χ1v) is 8.69. The number of benzene rings is 2. The second kappa shape index (κ2) is 6.79. The summed E-state index contributed by atoms with van der Waals surface area (Å²) in [6.45, 7) is 5.61. The van der Waals surface area contributed by atoms with E-state index < -0.39 is 15.9 Å².